The molecule has 2 N–H and O–H groups in total. The molecule has 0 bridgehead atoms. The highest BCUT2D eigenvalue weighted by Crippen LogP contribution is 2.34. The van der Waals surface area contributed by atoms with Crippen molar-refractivity contribution in [3.8, 4) is 17.0 Å². The van der Waals surface area contributed by atoms with Crippen LogP contribution in [0.15, 0.2) is 42.5 Å². The van der Waals surface area contributed by atoms with Gasteiger partial charge in [-0.1, -0.05) is 45.0 Å². The molecule has 0 unspecified atom stereocenters. The van der Waals surface area contributed by atoms with Gasteiger partial charge >= 0.3 is 0 Å². The van der Waals surface area contributed by atoms with Gasteiger partial charge in [0, 0.05) is 30.1 Å². The molecular formula is C23H28N2O2. The predicted octanol–water partition coefficient (Wildman–Crippen LogP) is 4.82. The third-order valence-corrected chi connectivity index (χ3v) is 4.90. The molecule has 0 saturated heterocycles. The van der Waals surface area contributed by atoms with Crippen molar-refractivity contribution in [1.29, 1.82) is 0 Å². The second kappa shape index (κ2) is 7.47. The zero-order valence-corrected chi connectivity index (χ0v) is 16.8. The maximum absolute atomic E-state index is 11.3. The van der Waals surface area contributed by atoms with Gasteiger partial charge in [-0.2, -0.15) is 0 Å². The van der Waals surface area contributed by atoms with Gasteiger partial charge in [0.2, 0.25) is 5.91 Å². The number of amides is 1. The van der Waals surface area contributed by atoms with Crippen LogP contribution in [0.3, 0.4) is 0 Å². The zero-order valence-electron chi connectivity index (χ0n) is 16.8. The van der Waals surface area contributed by atoms with Gasteiger partial charge in [-0.3, -0.25) is 4.79 Å². The number of carbonyl (C=O) groups is 1. The van der Waals surface area contributed by atoms with Crippen molar-refractivity contribution in [2.24, 2.45) is 0 Å². The number of methoxy groups -OCH3 is 1. The van der Waals surface area contributed by atoms with Gasteiger partial charge in [0.1, 0.15) is 5.75 Å². The van der Waals surface area contributed by atoms with E-state index in [-0.39, 0.29) is 11.3 Å². The number of hydrogen-bond donors (Lipinski definition) is 2. The number of benzene rings is 2. The highest BCUT2D eigenvalue weighted by Gasteiger charge is 2.16. The van der Waals surface area contributed by atoms with Gasteiger partial charge in [-0.15, -0.1) is 0 Å². The number of ether oxygens (including phenoxy) is 1. The van der Waals surface area contributed by atoms with Gasteiger partial charge in [0.05, 0.1) is 7.11 Å². The lowest BCUT2D eigenvalue weighted by Gasteiger charge is -2.19. The van der Waals surface area contributed by atoms with Crippen LogP contribution in [0.4, 0.5) is 0 Å². The molecule has 0 aliphatic heterocycles. The number of H-pyrrole nitrogens is 1. The molecular weight excluding hydrogens is 336 g/mol. The van der Waals surface area contributed by atoms with Gasteiger partial charge in [-0.25, -0.2) is 0 Å². The molecule has 3 aromatic rings. The van der Waals surface area contributed by atoms with Crippen LogP contribution in [-0.4, -0.2) is 24.5 Å². The summed E-state index contributed by atoms with van der Waals surface area (Å²) in [5.74, 6) is 0.820. The Labute approximate surface area is 160 Å². The fourth-order valence-corrected chi connectivity index (χ4v) is 3.36. The Bertz CT molecular complexity index is 947. The topological polar surface area (TPSA) is 54.1 Å². The number of carbonyl (C=O) groups excluding carboxylic acids is 1. The summed E-state index contributed by atoms with van der Waals surface area (Å²) >= 11 is 0. The molecule has 1 heterocycles. The Balaban J connectivity index is 2.06. The summed E-state index contributed by atoms with van der Waals surface area (Å²) in [6.45, 7) is 8.80. The molecule has 27 heavy (non-hydrogen) atoms. The van der Waals surface area contributed by atoms with Gasteiger partial charge in [-0.05, 0) is 46.7 Å². The van der Waals surface area contributed by atoms with Gasteiger partial charge in [0.25, 0.3) is 0 Å². The smallest absolute Gasteiger partial charge is 0.216 e. The fourth-order valence-electron chi connectivity index (χ4n) is 3.36. The summed E-state index contributed by atoms with van der Waals surface area (Å²) in [7, 11) is 1.68. The second-order valence-electron chi connectivity index (χ2n) is 7.95. The van der Waals surface area contributed by atoms with Crippen LogP contribution in [0, 0.1) is 0 Å². The molecule has 0 radical (unpaired) electrons. The summed E-state index contributed by atoms with van der Waals surface area (Å²) in [5.41, 5.74) is 5.95. The number of aromatic amines is 1. The van der Waals surface area contributed by atoms with E-state index in [0.29, 0.717) is 6.54 Å². The van der Waals surface area contributed by atoms with Crippen LogP contribution in [0.1, 0.15) is 38.8 Å². The van der Waals surface area contributed by atoms with Crippen molar-refractivity contribution in [2.45, 2.75) is 39.5 Å². The molecule has 0 fully saturated rings. The van der Waals surface area contributed by atoms with Crippen LogP contribution in [-0.2, 0) is 16.6 Å². The van der Waals surface area contributed by atoms with Crippen molar-refractivity contribution in [3.63, 3.8) is 0 Å². The first kappa shape index (κ1) is 19.0. The molecule has 3 rings (SSSR count). The number of aromatic nitrogens is 1. The van der Waals surface area contributed by atoms with Crippen LogP contribution in [0.2, 0.25) is 0 Å². The maximum Gasteiger partial charge on any atom is 0.216 e. The van der Waals surface area contributed by atoms with Crippen molar-refractivity contribution in [3.05, 3.63) is 53.6 Å². The monoisotopic (exact) mass is 364 g/mol. The molecule has 2 aromatic carbocycles. The molecule has 1 amide bonds. The molecule has 0 aliphatic rings. The van der Waals surface area contributed by atoms with E-state index in [1.54, 1.807) is 14.0 Å². The fraction of sp³-hybridized carbons (Fsp3) is 0.348. The largest absolute Gasteiger partial charge is 0.497 e. The summed E-state index contributed by atoms with van der Waals surface area (Å²) < 4.78 is 5.40. The molecule has 0 spiro atoms. The first-order valence-corrected chi connectivity index (χ1v) is 9.33. The van der Waals surface area contributed by atoms with Crippen LogP contribution >= 0.6 is 0 Å². The van der Waals surface area contributed by atoms with Gasteiger partial charge in [0.15, 0.2) is 0 Å². The third kappa shape index (κ3) is 4.16. The lowest BCUT2D eigenvalue weighted by molar-refractivity contribution is -0.118. The highest BCUT2D eigenvalue weighted by molar-refractivity contribution is 5.92. The third-order valence-electron chi connectivity index (χ3n) is 4.90. The Hall–Kier alpha value is -2.75. The lowest BCUT2D eigenvalue weighted by Crippen LogP contribution is -2.22. The number of nitrogens with one attached hydrogen (secondary N) is 2. The highest BCUT2D eigenvalue weighted by atomic mass is 16.5. The Morgan fingerprint density at radius 3 is 2.41 bits per heavy atom. The zero-order chi connectivity index (χ0) is 19.6. The molecule has 4 nitrogen and oxygen atoms in total. The number of rotatable bonds is 5. The first-order valence-electron chi connectivity index (χ1n) is 9.33. The molecule has 4 heteroatoms. The van der Waals surface area contributed by atoms with E-state index < -0.39 is 0 Å². The van der Waals surface area contributed by atoms with E-state index in [1.165, 1.54) is 11.1 Å². The number of fused-ring (bicyclic) bond motifs is 1. The van der Waals surface area contributed by atoms with E-state index >= 15 is 0 Å². The normalized spacial score (nSPS) is 11.6. The average Bonchev–Trinajstić information content (AvgIpc) is 2.98. The average molecular weight is 364 g/mol. The van der Waals surface area contributed by atoms with E-state index in [4.69, 9.17) is 4.74 Å². The molecule has 142 valence electrons. The van der Waals surface area contributed by atoms with E-state index in [9.17, 15) is 4.79 Å². The lowest BCUT2D eigenvalue weighted by atomic mass is 9.86. The summed E-state index contributed by atoms with van der Waals surface area (Å²) in [5, 5.41) is 4.03. The van der Waals surface area contributed by atoms with Crippen LogP contribution in [0.25, 0.3) is 22.2 Å². The maximum atomic E-state index is 11.3. The Morgan fingerprint density at radius 2 is 1.81 bits per heavy atom. The SMILES string of the molecule is COc1ccc2[nH]c(-c3ccc(C(C)(C)C)cc3)c(CCNC(C)=O)c2c1. The minimum atomic E-state index is -0.0106. The van der Waals surface area contributed by atoms with Crippen molar-refractivity contribution in [1.82, 2.24) is 10.3 Å². The van der Waals surface area contributed by atoms with Crippen molar-refractivity contribution >= 4 is 16.8 Å². The second-order valence-corrected chi connectivity index (χ2v) is 7.95. The van der Waals surface area contributed by atoms with Crippen LogP contribution < -0.4 is 10.1 Å². The molecule has 0 aliphatic carbocycles. The summed E-state index contributed by atoms with van der Waals surface area (Å²) in [4.78, 5) is 14.8. The standard InChI is InChI=1S/C23H28N2O2/c1-15(26)24-13-12-19-20-14-18(27-5)10-11-21(20)25-22(19)16-6-8-17(9-7-16)23(2,3)4/h6-11,14,25H,12-13H2,1-5H3,(H,24,26). The van der Waals surface area contributed by atoms with Crippen molar-refractivity contribution < 1.29 is 9.53 Å². The Morgan fingerprint density at radius 1 is 1.11 bits per heavy atom. The number of hydrogen-bond acceptors (Lipinski definition) is 2. The minimum Gasteiger partial charge on any atom is -0.497 e. The summed E-state index contributed by atoms with van der Waals surface area (Å²) in [6, 6.07) is 14.8. The Kier molecular flexibility index (Phi) is 5.26. The van der Waals surface area contributed by atoms with Crippen LogP contribution in [0.5, 0.6) is 5.75 Å². The molecule has 0 atom stereocenters. The quantitative estimate of drug-likeness (QED) is 0.682. The van der Waals surface area contributed by atoms with E-state index in [1.807, 2.05) is 12.1 Å². The van der Waals surface area contributed by atoms with Crippen molar-refractivity contribution in [2.75, 3.05) is 13.7 Å². The molecule has 0 saturated carbocycles. The van der Waals surface area contributed by atoms with Gasteiger partial charge < -0.3 is 15.0 Å². The first-order chi connectivity index (χ1) is 12.8. The summed E-state index contributed by atoms with van der Waals surface area (Å²) in [6.07, 6.45) is 0.753. The molecule has 1 aromatic heterocycles. The van der Waals surface area contributed by atoms with E-state index in [2.05, 4.69) is 61.4 Å². The van der Waals surface area contributed by atoms with E-state index in [0.717, 1.165) is 34.3 Å². The predicted molar refractivity (Wildman–Crippen MR) is 111 cm³/mol. The minimum absolute atomic E-state index is 0.0106.